The summed E-state index contributed by atoms with van der Waals surface area (Å²) in [6.07, 6.45) is 0. The number of nitrogens with zero attached hydrogens (tertiary/aromatic N) is 4. The Morgan fingerprint density at radius 2 is 1.67 bits per heavy atom. The fourth-order valence-corrected chi connectivity index (χ4v) is 3.80. The van der Waals surface area contributed by atoms with Crippen molar-refractivity contribution in [2.24, 2.45) is 0 Å². The number of rotatable bonds is 6. The fourth-order valence-electron chi connectivity index (χ4n) is 2.97. The topological polar surface area (TPSA) is 80.1 Å². The maximum atomic E-state index is 12.8. The molecule has 0 saturated heterocycles. The van der Waals surface area contributed by atoms with Crippen LogP contribution in [0.2, 0.25) is 15.1 Å². The van der Waals surface area contributed by atoms with Gasteiger partial charge in [0.15, 0.2) is 17.3 Å². The number of carbonyl (C=O) groups excluding carboxylic acids is 2. The average Bonchev–Trinajstić information content (AvgIpc) is 3.11. The van der Waals surface area contributed by atoms with Crippen LogP contribution in [0.4, 0.5) is 5.82 Å². The summed E-state index contributed by atoms with van der Waals surface area (Å²) in [5.74, 6) is -0.113. The van der Waals surface area contributed by atoms with E-state index in [1.165, 1.54) is 7.05 Å². The molecule has 156 valence electrons. The SMILES string of the molecule is CNC(=O)c1nnn(Cc2cc(Cl)c(C(=O)c3ccc(Cl)cc3)c(Cl)c2)c1N(C)C. The smallest absolute Gasteiger partial charge is 0.275 e. The molecule has 0 bridgehead atoms. The van der Waals surface area contributed by atoms with Crippen molar-refractivity contribution in [3.05, 3.63) is 73.9 Å². The molecule has 1 heterocycles. The first kappa shape index (κ1) is 22.1. The number of nitrogens with one attached hydrogen (secondary N) is 1. The Hall–Kier alpha value is -2.61. The van der Waals surface area contributed by atoms with Crippen molar-refractivity contribution in [1.29, 1.82) is 0 Å². The lowest BCUT2D eigenvalue weighted by atomic mass is 10.0. The van der Waals surface area contributed by atoms with Gasteiger partial charge in [0.25, 0.3) is 5.91 Å². The highest BCUT2D eigenvalue weighted by molar-refractivity contribution is 6.41. The minimum atomic E-state index is -0.343. The number of anilines is 1. The van der Waals surface area contributed by atoms with Crippen molar-refractivity contribution in [3.63, 3.8) is 0 Å². The molecular weight excluding hydrogens is 449 g/mol. The first-order valence-corrected chi connectivity index (χ1v) is 9.97. The van der Waals surface area contributed by atoms with E-state index in [1.54, 1.807) is 60.1 Å². The number of aromatic nitrogens is 3. The summed E-state index contributed by atoms with van der Waals surface area (Å²) < 4.78 is 1.56. The molecule has 0 spiro atoms. The second kappa shape index (κ2) is 9.04. The Morgan fingerprint density at radius 1 is 1.07 bits per heavy atom. The van der Waals surface area contributed by atoms with E-state index in [1.807, 2.05) is 0 Å². The number of benzene rings is 2. The van der Waals surface area contributed by atoms with Crippen LogP contribution in [0.1, 0.15) is 32.0 Å². The van der Waals surface area contributed by atoms with Gasteiger partial charge in [-0.15, -0.1) is 5.10 Å². The van der Waals surface area contributed by atoms with Gasteiger partial charge in [0, 0.05) is 31.7 Å². The van der Waals surface area contributed by atoms with Crippen LogP contribution in [0, 0.1) is 0 Å². The van der Waals surface area contributed by atoms with E-state index in [0.717, 1.165) is 0 Å². The lowest BCUT2D eigenvalue weighted by molar-refractivity contribution is 0.0958. The van der Waals surface area contributed by atoms with Crippen molar-refractivity contribution in [2.45, 2.75) is 6.54 Å². The van der Waals surface area contributed by atoms with Crippen molar-refractivity contribution in [3.8, 4) is 0 Å². The second-order valence-electron chi connectivity index (χ2n) is 6.66. The average molecular weight is 467 g/mol. The van der Waals surface area contributed by atoms with E-state index < -0.39 is 0 Å². The Kier molecular flexibility index (Phi) is 6.65. The summed E-state index contributed by atoms with van der Waals surface area (Å²) in [6.45, 7) is 0.256. The molecule has 10 heteroatoms. The third kappa shape index (κ3) is 4.43. The summed E-state index contributed by atoms with van der Waals surface area (Å²) in [6, 6.07) is 9.79. The van der Waals surface area contributed by atoms with Crippen LogP contribution >= 0.6 is 34.8 Å². The van der Waals surface area contributed by atoms with E-state index in [9.17, 15) is 9.59 Å². The van der Waals surface area contributed by atoms with Gasteiger partial charge in [-0.2, -0.15) is 0 Å². The second-order valence-corrected chi connectivity index (χ2v) is 7.91. The first-order chi connectivity index (χ1) is 14.2. The lowest BCUT2D eigenvalue weighted by Crippen LogP contribution is -2.23. The summed E-state index contributed by atoms with van der Waals surface area (Å²) in [7, 11) is 5.10. The quantitative estimate of drug-likeness (QED) is 0.557. The minimum Gasteiger partial charge on any atom is -0.361 e. The van der Waals surface area contributed by atoms with Crippen molar-refractivity contribution in [1.82, 2.24) is 20.3 Å². The summed E-state index contributed by atoms with van der Waals surface area (Å²) >= 11 is 18.7. The predicted octanol–water partition coefficient (Wildman–Crippen LogP) is 3.94. The van der Waals surface area contributed by atoms with Gasteiger partial charge in [0.2, 0.25) is 0 Å². The molecule has 1 aromatic heterocycles. The molecule has 0 unspecified atom stereocenters. The monoisotopic (exact) mass is 465 g/mol. The number of halogens is 3. The zero-order chi connectivity index (χ0) is 22.0. The van der Waals surface area contributed by atoms with Gasteiger partial charge in [-0.25, -0.2) is 4.68 Å². The lowest BCUT2D eigenvalue weighted by Gasteiger charge is -2.16. The summed E-state index contributed by atoms with van der Waals surface area (Å²) in [5.41, 5.74) is 1.54. The number of ketones is 1. The zero-order valence-corrected chi connectivity index (χ0v) is 18.7. The molecule has 1 amide bonds. The largest absolute Gasteiger partial charge is 0.361 e. The molecule has 7 nitrogen and oxygen atoms in total. The summed E-state index contributed by atoms with van der Waals surface area (Å²) in [5, 5.41) is 11.5. The van der Waals surface area contributed by atoms with E-state index in [-0.39, 0.29) is 39.5 Å². The van der Waals surface area contributed by atoms with Crippen LogP contribution in [0.15, 0.2) is 36.4 Å². The van der Waals surface area contributed by atoms with E-state index in [4.69, 9.17) is 34.8 Å². The molecule has 30 heavy (non-hydrogen) atoms. The van der Waals surface area contributed by atoms with Gasteiger partial charge < -0.3 is 10.2 Å². The zero-order valence-electron chi connectivity index (χ0n) is 16.4. The van der Waals surface area contributed by atoms with Crippen LogP contribution in [0.25, 0.3) is 0 Å². The molecule has 2 aromatic carbocycles. The molecule has 0 aliphatic heterocycles. The highest BCUT2D eigenvalue weighted by atomic mass is 35.5. The first-order valence-electron chi connectivity index (χ1n) is 8.84. The van der Waals surface area contributed by atoms with Gasteiger partial charge in [-0.05, 0) is 42.0 Å². The van der Waals surface area contributed by atoms with Crippen LogP contribution in [0.3, 0.4) is 0 Å². The highest BCUT2D eigenvalue weighted by Gasteiger charge is 2.22. The molecule has 1 N–H and O–H groups in total. The number of carbonyl (C=O) groups is 2. The van der Waals surface area contributed by atoms with Crippen molar-refractivity contribution < 1.29 is 9.59 Å². The van der Waals surface area contributed by atoms with Crippen LogP contribution in [-0.2, 0) is 6.54 Å². The standard InChI is InChI=1S/C20H18Cl3N5O2/c1-24-19(30)17-20(27(2)3)28(26-25-17)10-11-8-14(22)16(15(23)9-11)18(29)12-4-6-13(21)7-5-12/h4-9H,10H2,1-3H3,(H,24,30). The Bertz CT molecular complexity index is 1090. The predicted molar refractivity (Wildman–Crippen MR) is 118 cm³/mol. The van der Waals surface area contributed by atoms with Gasteiger partial charge in [0.05, 0.1) is 22.2 Å². The Morgan fingerprint density at radius 3 is 2.20 bits per heavy atom. The van der Waals surface area contributed by atoms with Crippen LogP contribution in [-0.4, -0.2) is 47.8 Å². The maximum Gasteiger partial charge on any atom is 0.275 e. The molecule has 0 aliphatic carbocycles. The summed E-state index contributed by atoms with van der Waals surface area (Å²) in [4.78, 5) is 26.6. The highest BCUT2D eigenvalue weighted by Crippen LogP contribution is 2.30. The molecule has 0 radical (unpaired) electrons. The number of hydrogen-bond acceptors (Lipinski definition) is 5. The normalized spacial score (nSPS) is 10.7. The molecule has 0 fully saturated rings. The maximum absolute atomic E-state index is 12.8. The third-order valence-corrected chi connectivity index (χ3v) is 5.19. The van der Waals surface area contributed by atoms with Gasteiger partial charge in [0.1, 0.15) is 0 Å². The molecule has 0 aliphatic rings. The van der Waals surface area contributed by atoms with Gasteiger partial charge >= 0.3 is 0 Å². The molecular formula is C20H18Cl3N5O2. The van der Waals surface area contributed by atoms with Gasteiger partial charge in [-0.1, -0.05) is 40.0 Å². The van der Waals surface area contributed by atoms with E-state index in [0.29, 0.717) is 22.0 Å². The van der Waals surface area contributed by atoms with Crippen molar-refractivity contribution in [2.75, 3.05) is 26.0 Å². The Balaban J connectivity index is 1.95. The minimum absolute atomic E-state index is 0.203. The van der Waals surface area contributed by atoms with E-state index in [2.05, 4.69) is 15.6 Å². The molecule has 0 atom stereocenters. The Labute approximate surface area is 188 Å². The fraction of sp³-hybridized carbons (Fsp3) is 0.200. The van der Waals surface area contributed by atoms with E-state index >= 15 is 0 Å². The van der Waals surface area contributed by atoms with Gasteiger partial charge in [-0.3, -0.25) is 9.59 Å². The molecule has 3 aromatic rings. The van der Waals surface area contributed by atoms with Crippen LogP contribution in [0.5, 0.6) is 0 Å². The number of hydrogen-bond donors (Lipinski definition) is 1. The third-order valence-electron chi connectivity index (χ3n) is 4.34. The molecule has 3 rings (SSSR count). The van der Waals surface area contributed by atoms with Crippen LogP contribution < -0.4 is 10.2 Å². The van der Waals surface area contributed by atoms with Crippen molar-refractivity contribution >= 4 is 52.3 Å². The number of amides is 1. The molecule has 0 saturated carbocycles.